The Morgan fingerprint density at radius 1 is 1.03 bits per heavy atom. The van der Waals surface area contributed by atoms with Crippen molar-refractivity contribution in [3.63, 3.8) is 0 Å². The van der Waals surface area contributed by atoms with E-state index >= 15 is 0 Å². The van der Waals surface area contributed by atoms with Gasteiger partial charge in [-0.25, -0.2) is 0 Å². The minimum atomic E-state index is -0.440. The second-order valence-electron chi connectivity index (χ2n) is 6.29. The molecule has 10 heteroatoms. The van der Waals surface area contributed by atoms with E-state index in [1.165, 1.54) is 14.2 Å². The number of hydrogen-bond donors (Lipinski definition) is 0. The van der Waals surface area contributed by atoms with Crippen molar-refractivity contribution >= 4 is 52.2 Å². The topological polar surface area (TPSA) is 74.3 Å². The molecule has 156 valence electrons. The van der Waals surface area contributed by atoms with Crippen LogP contribution >= 0.6 is 35.0 Å². The predicted molar refractivity (Wildman–Crippen MR) is 114 cm³/mol. The van der Waals surface area contributed by atoms with E-state index in [2.05, 4.69) is 0 Å². The molecule has 0 unspecified atom stereocenters. The summed E-state index contributed by atoms with van der Waals surface area (Å²) < 4.78 is 21.1. The highest BCUT2D eigenvalue weighted by molar-refractivity contribution is 8.18. The molecule has 0 aromatic heterocycles. The maximum Gasteiger partial charge on any atom is 0.293 e. The fourth-order valence-electron chi connectivity index (χ4n) is 3.01. The van der Waals surface area contributed by atoms with Gasteiger partial charge in [-0.3, -0.25) is 14.5 Å². The molecule has 30 heavy (non-hydrogen) atoms. The van der Waals surface area contributed by atoms with Gasteiger partial charge in [0.2, 0.25) is 6.79 Å². The van der Waals surface area contributed by atoms with Crippen molar-refractivity contribution in [2.24, 2.45) is 0 Å². The Labute approximate surface area is 186 Å². The lowest BCUT2D eigenvalue weighted by Crippen LogP contribution is -2.27. The maximum atomic E-state index is 12.9. The number of carbonyl (C=O) groups excluding carboxylic acids is 2. The molecule has 0 spiro atoms. The van der Waals surface area contributed by atoms with E-state index in [1.54, 1.807) is 30.3 Å². The van der Waals surface area contributed by atoms with Crippen molar-refractivity contribution in [1.29, 1.82) is 0 Å². The van der Waals surface area contributed by atoms with Gasteiger partial charge in [0, 0.05) is 17.2 Å². The molecule has 0 atom stereocenters. The fourth-order valence-corrected chi connectivity index (χ4v) is 4.26. The first-order chi connectivity index (χ1) is 14.4. The van der Waals surface area contributed by atoms with Gasteiger partial charge in [0.15, 0.2) is 23.0 Å². The van der Waals surface area contributed by atoms with Crippen LogP contribution in [0, 0.1) is 0 Å². The van der Waals surface area contributed by atoms with Crippen molar-refractivity contribution < 1.29 is 28.5 Å². The summed E-state index contributed by atoms with van der Waals surface area (Å²) in [5.41, 5.74) is 1.11. The van der Waals surface area contributed by atoms with Crippen LogP contribution in [-0.4, -0.2) is 37.1 Å². The Kier molecular flexibility index (Phi) is 5.73. The van der Waals surface area contributed by atoms with E-state index in [0.29, 0.717) is 44.2 Å². The Morgan fingerprint density at radius 3 is 2.40 bits per heavy atom. The van der Waals surface area contributed by atoms with Gasteiger partial charge >= 0.3 is 0 Å². The molecule has 7 nitrogen and oxygen atoms in total. The predicted octanol–water partition coefficient (Wildman–Crippen LogP) is 4.98. The Hall–Kier alpha value is -2.55. The second-order valence-corrected chi connectivity index (χ2v) is 8.10. The van der Waals surface area contributed by atoms with Crippen molar-refractivity contribution in [2.45, 2.75) is 6.54 Å². The lowest BCUT2D eigenvalue weighted by atomic mass is 10.1. The minimum absolute atomic E-state index is 0.0111. The largest absolute Gasteiger partial charge is 0.493 e. The number of fused-ring (bicyclic) bond motifs is 1. The first-order valence-corrected chi connectivity index (χ1v) is 10.2. The van der Waals surface area contributed by atoms with Gasteiger partial charge in [-0.15, -0.1) is 0 Å². The first kappa shape index (κ1) is 20.7. The summed E-state index contributed by atoms with van der Waals surface area (Å²) in [5.74, 6) is 1.53. The minimum Gasteiger partial charge on any atom is -0.493 e. The molecule has 2 aliphatic heterocycles. The molecule has 2 amide bonds. The second kappa shape index (κ2) is 8.29. The molecule has 1 saturated heterocycles. The third kappa shape index (κ3) is 3.78. The molecule has 2 aromatic rings. The van der Waals surface area contributed by atoms with Gasteiger partial charge in [-0.2, -0.15) is 0 Å². The molecule has 1 fully saturated rings. The average molecular weight is 468 g/mol. The Bertz CT molecular complexity index is 1090. The summed E-state index contributed by atoms with van der Waals surface area (Å²) in [6.07, 6.45) is 1.55. The van der Waals surface area contributed by atoms with E-state index in [1.807, 2.05) is 0 Å². The molecule has 0 aliphatic carbocycles. The summed E-state index contributed by atoms with van der Waals surface area (Å²) >= 11 is 13.4. The monoisotopic (exact) mass is 467 g/mol. The summed E-state index contributed by atoms with van der Waals surface area (Å²) in [5, 5.41) is 0.333. The van der Waals surface area contributed by atoms with Crippen molar-refractivity contribution in [2.75, 3.05) is 21.0 Å². The highest BCUT2D eigenvalue weighted by atomic mass is 35.5. The average Bonchev–Trinajstić information content (AvgIpc) is 3.28. The molecule has 2 aromatic carbocycles. The number of carbonyl (C=O) groups is 2. The maximum absolute atomic E-state index is 12.9. The lowest BCUT2D eigenvalue weighted by Gasteiger charge is -2.14. The highest BCUT2D eigenvalue weighted by Gasteiger charge is 2.36. The number of benzene rings is 2. The zero-order valence-corrected chi connectivity index (χ0v) is 18.2. The van der Waals surface area contributed by atoms with Crippen LogP contribution in [0.15, 0.2) is 29.2 Å². The third-order valence-electron chi connectivity index (χ3n) is 4.53. The van der Waals surface area contributed by atoms with Crippen LogP contribution in [0.2, 0.25) is 10.0 Å². The number of nitrogens with zero attached hydrogens (tertiary/aromatic N) is 1. The van der Waals surface area contributed by atoms with Crippen LogP contribution in [0.5, 0.6) is 23.0 Å². The van der Waals surface area contributed by atoms with E-state index in [4.69, 9.17) is 42.1 Å². The van der Waals surface area contributed by atoms with Crippen LogP contribution in [0.4, 0.5) is 4.79 Å². The van der Waals surface area contributed by atoms with Crippen molar-refractivity contribution in [3.05, 3.63) is 50.3 Å². The smallest absolute Gasteiger partial charge is 0.293 e. The number of imide groups is 1. The van der Waals surface area contributed by atoms with E-state index in [0.717, 1.165) is 16.7 Å². The Balaban J connectivity index is 1.61. The number of halogens is 2. The van der Waals surface area contributed by atoms with E-state index in [-0.39, 0.29) is 18.2 Å². The molecular weight excluding hydrogens is 453 g/mol. The van der Waals surface area contributed by atoms with E-state index < -0.39 is 11.1 Å². The molecular formula is C20H15Cl2NO6S. The molecule has 2 heterocycles. The number of hydrogen-bond acceptors (Lipinski definition) is 7. The quantitative estimate of drug-likeness (QED) is 0.574. The van der Waals surface area contributed by atoms with Crippen molar-refractivity contribution in [1.82, 2.24) is 4.90 Å². The summed E-state index contributed by atoms with van der Waals surface area (Å²) in [6.45, 7) is 0.114. The molecule has 0 bridgehead atoms. The van der Waals surface area contributed by atoms with Crippen LogP contribution in [-0.2, 0) is 11.3 Å². The Morgan fingerprint density at radius 2 is 1.70 bits per heavy atom. The van der Waals surface area contributed by atoms with Gasteiger partial charge in [0.25, 0.3) is 11.1 Å². The van der Waals surface area contributed by atoms with Crippen LogP contribution in [0.25, 0.3) is 6.08 Å². The number of rotatable bonds is 5. The summed E-state index contributed by atoms with van der Waals surface area (Å²) in [6, 6.07) is 6.51. The van der Waals surface area contributed by atoms with Gasteiger partial charge < -0.3 is 18.9 Å². The van der Waals surface area contributed by atoms with Crippen LogP contribution in [0.3, 0.4) is 0 Å². The van der Waals surface area contributed by atoms with Crippen LogP contribution in [0.1, 0.15) is 11.1 Å². The van der Waals surface area contributed by atoms with Crippen molar-refractivity contribution in [3.8, 4) is 23.0 Å². The van der Waals surface area contributed by atoms with Gasteiger partial charge in [-0.05, 0) is 41.1 Å². The number of ether oxygens (including phenoxy) is 4. The zero-order chi connectivity index (χ0) is 21.4. The number of methoxy groups -OCH3 is 2. The number of thioether (sulfide) groups is 1. The normalized spacial score (nSPS) is 16.5. The fraction of sp³-hybridized carbons (Fsp3) is 0.200. The number of amides is 2. The molecule has 4 rings (SSSR count). The van der Waals surface area contributed by atoms with Crippen LogP contribution < -0.4 is 18.9 Å². The third-order valence-corrected chi connectivity index (χ3v) is 6.12. The first-order valence-electron chi connectivity index (χ1n) is 8.66. The summed E-state index contributed by atoms with van der Waals surface area (Å²) in [4.78, 5) is 26.7. The molecule has 0 saturated carbocycles. The molecule has 2 aliphatic rings. The van der Waals surface area contributed by atoms with Gasteiger partial charge in [0.1, 0.15) is 0 Å². The van der Waals surface area contributed by atoms with Gasteiger partial charge in [0.05, 0.1) is 30.7 Å². The van der Waals surface area contributed by atoms with Gasteiger partial charge in [-0.1, -0.05) is 23.2 Å². The van der Waals surface area contributed by atoms with E-state index in [9.17, 15) is 9.59 Å². The zero-order valence-electron chi connectivity index (χ0n) is 15.9. The summed E-state index contributed by atoms with van der Waals surface area (Å²) in [7, 11) is 3.00. The molecule has 0 N–H and O–H groups in total. The SMILES string of the molecule is COc1cc(Cl)c(/C=C2\SC(=O)N(Cc3cc4c(cc3Cl)OCO4)C2=O)cc1OC. The molecule has 0 radical (unpaired) electrons. The lowest BCUT2D eigenvalue weighted by molar-refractivity contribution is -0.123. The standard InChI is InChI=1S/C20H15Cl2NO6S/c1-26-14-3-10(12(21)6-15(14)27-2)5-18-19(24)23(20(25)30-18)8-11-4-16-17(7-13(11)22)29-9-28-16/h3-7H,8-9H2,1-2H3/b18-5-. The highest BCUT2D eigenvalue weighted by Crippen LogP contribution is 2.40.